The Kier molecular flexibility index (Phi) is 9.09. The van der Waals surface area contributed by atoms with Crippen molar-refractivity contribution >= 4 is 28.3 Å². The maximum Gasteiger partial charge on any atom is 0.270 e. The molecule has 0 spiro atoms. The van der Waals surface area contributed by atoms with E-state index in [1.165, 1.54) is 19.3 Å². The monoisotopic (exact) mass is 457 g/mol. The van der Waals surface area contributed by atoms with Gasteiger partial charge in [0.15, 0.2) is 0 Å². The zero-order valence-electron chi connectivity index (χ0n) is 19.4. The third-order valence-corrected chi connectivity index (χ3v) is 6.26. The number of anilines is 1. The summed E-state index contributed by atoms with van der Waals surface area (Å²) in [5.41, 5.74) is 0.244. The van der Waals surface area contributed by atoms with Crippen LogP contribution in [0.4, 0.5) is 5.69 Å². The number of amides is 2. The molecule has 1 aliphatic carbocycles. The van der Waals surface area contributed by atoms with E-state index in [4.69, 9.17) is 0 Å². The van der Waals surface area contributed by atoms with Crippen LogP contribution in [0, 0.1) is 0 Å². The molecule has 180 valence electrons. The van der Waals surface area contributed by atoms with Crippen molar-refractivity contribution in [2.24, 2.45) is 0 Å². The van der Waals surface area contributed by atoms with Crippen LogP contribution in [-0.4, -0.2) is 47.7 Å². The summed E-state index contributed by atoms with van der Waals surface area (Å²) >= 11 is 0. The van der Waals surface area contributed by atoms with Gasteiger partial charge >= 0.3 is 0 Å². The second-order valence-corrected chi connectivity index (χ2v) is 8.68. The number of H-pyrrole nitrogens is 2. The number of nitrogens with one attached hydrogen (secondary N) is 4. The second-order valence-electron chi connectivity index (χ2n) is 8.68. The lowest BCUT2D eigenvalue weighted by Crippen LogP contribution is -2.36. The summed E-state index contributed by atoms with van der Waals surface area (Å²) in [5.74, 6) is -0.132. The highest BCUT2D eigenvalue weighted by Crippen LogP contribution is 2.19. The van der Waals surface area contributed by atoms with E-state index in [2.05, 4.69) is 25.7 Å². The average Bonchev–Trinajstić information content (AvgIpc) is 2.83. The summed E-state index contributed by atoms with van der Waals surface area (Å²) in [6.07, 6.45) is 7.78. The van der Waals surface area contributed by atoms with Gasteiger partial charge in [0.2, 0.25) is 11.8 Å². The fourth-order valence-corrected chi connectivity index (χ4v) is 4.35. The molecule has 0 unspecified atom stereocenters. The molecule has 0 radical (unpaired) electrons. The van der Waals surface area contributed by atoms with Crippen LogP contribution in [0.5, 0.6) is 0 Å². The first-order valence-electron chi connectivity index (χ1n) is 12.0. The Bertz CT molecular complexity index is 1050. The van der Waals surface area contributed by atoms with Crippen molar-refractivity contribution < 1.29 is 9.59 Å². The standard InChI is InChI=1S/C24H35N5O4/c1-2-29(18-10-11-19-20(16-18)24(33)28-27-23(19)32)15-7-6-14-25-21(30)12-13-22(31)26-17-8-4-3-5-9-17/h10-11,16-17H,2-9,12-15H2,1H3,(H,25,30)(H,26,31)(H,27,32)(H,28,33). The minimum atomic E-state index is -0.322. The van der Waals surface area contributed by atoms with Crippen molar-refractivity contribution in [1.29, 1.82) is 0 Å². The van der Waals surface area contributed by atoms with Gasteiger partial charge < -0.3 is 15.5 Å². The van der Waals surface area contributed by atoms with E-state index in [9.17, 15) is 19.2 Å². The lowest BCUT2D eigenvalue weighted by Gasteiger charge is -2.23. The van der Waals surface area contributed by atoms with Crippen molar-refractivity contribution in [3.05, 3.63) is 38.9 Å². The molecule has 2 aromatic rings. The highest BCUT2D eigenvalue weighted by Gasteiger charge is 2.16. The van der Waals surface area contributed by atoms with Crippen molar-refractivity contribution in [2.75, 3.05) is 24.5 Å². The molecule has 0 atom stereocenters. The summed E-state index contributed by atoms with van der Waals surface area (Å²) in [6, 6.07) is 5.54. The highest BCUT2D eigenvalue weighted by molar-refractivity contribution is 5.84. The predicted molar refractivity (Wildman–Crippen MR) is 130 cm³/mol. The molecule has 2 amide bonds. The number of rotatable bonds is 11. The predicted octanol–water partition coefficient (Wildman–Crippen LogP) is 2.17. The quantitative estimate of drug-likeness (QED) is 0.385. The number of benzene rings is 1. The molecule has 33 heavy (non-hydrogen) atoms. The maximum absolute atomic E-state index is 12.0. The van der Waals surface area contributed by atoms with E-state index in [0.717, 1.165) is 44.5 Å². The molecule has 1 saturated carbocycles. The summed E-state index contributed by atoms with van der Waals surface area (Å²) in [5, 5.41) is 11.4. The van der Waals surface area contributed by atoms with Crippen LogP contribution in [0.25, 0.3) is 10.8 Å². The Morgan fingerprint density at radius 1 is 0.970 bits per heavy atom. The molecule has 0 saturated heterocycles. The Labute approximate surface area is 193 Å². The number of unbranched alkanes of at least 4 members (excludes halogenated alkanes) is 1. The van der Waals surface area contributed by atoms with Gasteiger partial charge in [0.05, 0.1) is 10.8 Å². The van der Waals surface area contributed by atoms with Crippen molar-refractivity contribution in [2.45, 2.75) is 70.8 Å². The minimum Gasteiger partial charge on any atom is -0.372 e. The fourth-order valence-electron chi connectivity index (χ4n) is 4.35. The van der Waals surface area contributed by atoms with Crippen LogP contribution in [-0.2, 0) is 9.59 Å². The molecule has 1 aliphatic rings. The summed E-state index contributed by atoms with van der Waals surface area (Å²) < 4.78 is 0. The van der Waals surface area contributed by atoms with Crippen LogP contribution in [0.3, 0.4) is 0 Å². The molecule has 1 aromatic heterocycles. The molecule has 9 nitrogen and oxygen atoms in total. The highest BCUT2D eigenvalue weighted by atomic mass is 16.2. The first-order chi connectivity index (χ1) is 16.0. The molecular formula is C24H35N5O4. The molecule has 0 aliphatic heterocycles. The Balaban J connectivity index is 1.36. The van der Waals surface area contributed by atoms with Crippen LogP contribution in [0.1, 0.15) is 64.7 Å². The topological polar surface area (TPSA) is 127 Å². The van der Waals surface area contributed by atoms with E-state index in [-0.39, 0.29) is 41.8 Å². The van der Waals surface area contributed by atoms with E-state index < -0.39 is 0 Å². The first-order valence-corrected chi connectivity index (χ1v) is 12.0. The van der Waals surface area contributed by atoms with Gasteiger partial charge in [-0.2, -0.15) is 0 Å². The maximum atomic E-state index is 12.0. The van der Waals surface area contributed by atoms with E-state index in [0.29, 0.717) is 17.3 Å². The van der Waals surface area contributed by atoms with Gasteiger partial charge in [-0.1, -0.05) is 19.3 Å². The number of hydrogen-bond donors (Lipinski definition) is 4. The molecule has 1 fully saturated rings. The van der Waals surface area contributed by atoms with Crippen LogP contribution < -0.4 is 26.7 Å². The van der Waals surface area contributed by atoms with Gasteiger partial charge in [0, 0.05) is 44.2 Å². The summed E-state index contributed by atoms with van der Waals surface area (Å²) in [6.45, 7) is 4.12. The van der Waals surface area contributed by atoms with E-state index in [1.54, 1.807) is 12.1 Å². The van der Waals surface area contributed by atoms with Gasteiger partial charge in [-0.15, -0.1) is 0 Å². The third-order valence-electron chi connectivity index (χ3n) is 6.26. The lowest BCUT2D eigenvalue weighted by atomic mass is 9.95. The number of fused-ring (bicyclic) bond motifs is 1. The Morgan fingerprint density at radius 3 is 2.39 bits per heavy atom. The van der Waals surface area contributed by atoms with Gasteiger partial charge in [-0.05, 0) is 50.8 Å². The van der Waals surface area contributed by atoms with E-state index in [1.807, 2.05) is 13.0 Å². The Morgan fingerprint density at radius 2 is 1.67 bits per heavy atom. The molecular weight excluding hydrogens is 422 g/mol. The van der Waals surface area contributed by atoms with Gasteiger partial charge in [0.25, 0.3) is 11.1 Å². The fraction of sp³-hybridized carbons (Fsp3) is 0.583. The van der Waals surface area contributed by atoms with Gasteiger partial charge in [-0.3, -0.25) is 29.4 Å². The Hall–Kier alpha value is -3.10. The molecule has 9 heteroatoms. The van der Waals surface area contributed by atoms with Crippen molar-refractivity contribution in [3.8, 4) is 0 Å². The largest absolute Gasteiger partial charge is 0.372 e. The lowest BCUT2D eigenvalue weighted by molar-refractivity contribution is -0.126. The molecule has 0 bridgehead atoms. The van der Waals surface area contributed by atoms with Crippen LogP contribution in [0.15, 0.2) is 27.8 Å². The second kappa shape index (κ2) is 12.2. The number of carbonyl (C=O) groups excluding carboxylic acids is 2. The zero-order chi connectivity index (χ0) is 23.6. The molecule has 1 heterocycles. The number of nitrogens with zero attached hydrogens (tertiary/aromatic N) is 1. The molecule has 3 rings (SSSR count). The average molecular weight is 458 g/mol. The molecule has 4 N–H and O–H groups in total. The SMILES string of the molecule is CCN(CCCCNC(=O)CCC(=O)NC1CCCCC1)c1ccc2c(=O)[nH][nH]c(=O)c2c1. The third kappa shape index (κ3) is 7.20. The smallest absolute Gasteiger partial charge is 0.270 e. The summed E-state index contributed by atoms with van der Waals surface area (Å²) in [4.78, 5) is 50.1. The minimum absolute atomic E-state index is 0.0353. The van der Waals surface area contributed by atoms with Crippen molar-refractivity contribution in [3.63, 3.8) is 0 Å². The normalized spacial score (nSPS) is 14.2. The van der Waals surface area contributed by atoms with Crippen molar-refractivity contribution in [1.82, 2.24) is 20.8 Å². The van der Waals surface area contributed by atoms with Crippen LogP contribution in [0.2, 0.25) is 0 Å². The zero-order valence-corrected chi connectivity index (χ0v) is 19.4. The summed E-state index contributed by atoms with van der Waals surface area (Å²) in [7, 11) is 0. The molecule has 1 aromatic carbocycles. The number of aromatic nitrogens is 2. The first kappa shape index (κ1) is 24.5. The number of carbonyl (C=O) groups is 2. The number of hydrogen-bond acceptors (Lipinski definition) is 5. The van der Waals surface area contributed by atoms with Gasteiger partial charge in [0.1, 0.15) is 0 Å². The van der Waals surface area contributed by atoms with Crippen LogP contribution >= 0.6 is 0 Å². The number of aromatic amines is 2. The van der Waals surface area contributed by atoms with E-state index >= 15 is 0 Å². The van der Waals surface area contributed by atoms with Gasteiger partial charge in [-0.25, -0.2) is 0 Å².